The first-order chi connectivity index (χ1) is 11.9. The number of ether oxygens (including phenoxy) is 1. The molecule has 9 heteroatoms. The summed E-state index contributed by atoms with van der Waals surface area (Å²) in [4.78, 5) is 23.7. The average Bonchev–Trinajstić information content (AvgIpc) is 2.56. The molecule has 0 aliphatic carbocycles. The molecular formula is C17H14Cl2LiNO4S. The van der Waals surface area contributed by atoms with Gasteiger partial charge in [0.2, 0.25) is 0 Å². The summed E-state index contributed by atoms with van der Waals surface area (Å²) in [5.74, 6) is -0.822. The molecule has 1 N–H and O–H groups in total. The molecular weight excluding hydrogens is 392 g/mol. The molecule has 0 aromatic heterocycles. The maximum absolute atomic E-state index is 12.3. The first kappa shape index (κ1) is 22.7. The fraction of sp³-hybridized carbons (Fsp3) is 0.176. The van der Waals surface area contributed by atoms with E-state index in [1.165, 1.54) is 30.3 Å². The fourth-order valence-electron chi connectivity index (χ4n) is 2.00. The van der Waals surface area contributed by atoms with Gasteiger partial charge in [0.15, 0.2) is 0 Å². The maximum Gasteiger partial charge on any atom is 1.00 e. The van der Waals surface area contributed by atoms with Gasteiger partial charge >= 0.3 is 18.9 Å². The first-order valence-electron chi connectivity index (χ1n) is 7.16. The van der Waals surface area contributed by atoms with Gasteiger partial charge in [0.25, 0.3) is 5.91 Å². The van der Waals surface area contributed by atoms with Gasteiger partial charge in [-0.05, 0) is 42.7 Å². The van der Waals surface area contributed by atoms with E-state index in [9.17, 15) is 14.7 Å². The van der Waals surface area contributed by atoms with Crippen LogP contribution in [0.15, 0.2) is 36.4 Å². The molecule has 26 heavy (non-hydrogen) atoms. The van der Waals surface area contributed by atoms with Gasteiger partial charge in [-0.15, -0.1) is 0 Å². The van der Waals surface area contributed by atoms with Crippen molar-refractivity contribution in [3.05, 3.63) is 57.6 Å². The zero-order valence-corrected chi connectivity index (χ0v) is 16.5. The van der Waals surface area contributed by atoms with E-state index in [1.54, 1.807) is 17.8 Å². The summed E-state index contributed by atoms with van der Waals surface area (Å²) in [6, 6.07) is 8.74. The number of aromatic carboxylic acids is 1. The topological polar surface area (TPSA) is 78.5 Å². The largest absolute Gasteiger partial charge is 1.00 e. The molecule has 132 valence electrons. The molecule has 2 rings (SSSR count). The Morgan fingerprint density at radius 1 is 1.15 bits per heavy atom. The maximum atomic E-state index is 12.3. The second kappa shape index (κ2) is 10.8. The summed E-state index contributed by atoms with van der Waals surface area (Å²) in [6.45, 7) is 0.444. The normalized spacial score (nSPS) is 9.96. The number of halogens is 2. The third-order valence-electron chi connectivity index (χ3n) is 3.19. The Balaban J connectivity index is 0.00000338. The predicted octanol–water partition coefficient (Wildman–Crippen LogP) is 0.355. The predicted molar refractivity (Wildman–Crippen MR) is 99.1 cm³/mol. The van der Waals surface area contributed by atoms with Crippen LogP contribution in [-0.2, 0) is 0 Å². The van der Waals surface area contributed by atoms with Crippen LogP contribution in [0.1, 0.15) is 20.7 Å². The van der Waals surface area contributed by atoms with Crippen LogP contribution in [0.3, 0.4) is 0 Å². The number of carbonyl (C=O) groups excluding carboxylic acids is 2. The average molecular weight is 406 g/mol. The minimum absolute atomic E-state index is 0. The minimum atomic E-state index is -1.42. The van der Waals surface area contributed by atoms with Gasteiger partial charge in [0.1, 0.15) is 5.75 Å². The quantitative estimate of drug-likeness (QED) is 0.531. The van der Waals surface area contributed by atoms with Crippen molar-refractivity contribution >= 4 is 52.5 Å². The van der Waals surface area contributed by atoms with Gasteiger partial charge in [0, 0.05) is 16.3 Å². The summed E-state index contributed by atoms with van der Waals surface area (Å²) >= 11 is 13.4. The van der Waals surface area contributed by atoms with E-state index in [-0.39, 0.29) is 40.7 Å². The number of thioether (sulfide) groups is 1. The van der Waals surface area contributed by atoms with Crippen molar-refractivity contribution in [2.24, 2.45) is 0 Å². The van der Waals surface area contributed by atoms with E-state index in [1.807, 2.05) is 6.26 Å². The standard InChI is InChI=1S/C17H15Cl2NO4S.Li/c1-25-7-6-24-11-3-5-15(13(9-11)17(22)23)20-16(21)12-4-2-10(18)8-14(12)19;/h2-5,8-9H,6-7H2,1H3,(H,20,21)(H,22,23);/q;+1/p-1. The van der Waals surface area contributed by atoms with Crippen LogP contribution in [0.4, 0.5) is 5.69 Å². The number of carbonyl (C=O) groups is 2. The Labute approximate surface area is 177 Å². The molecule has 0 saturated heterocycles. The van der Waals surface area contributed by atoms with Crippen molar-refractivity contribution < 1.29 is 38.3 Å². The van der Waals surface area contributed by atoms with Gasteiger partial charge in [0.05, 0.1) is 28.8 Å². The fourth-order valence-corrected chi connectivity index (χ4v) is 2.74. The van der Waals surface area contributed by atoms with Gasteiger partial charge in [-0.2, -0.15) is 11.8 Å². The molecule has 0 aliphatic heterocycles. The van der Waals surface area contributed by atoms with Crippen molar-refractivity contribution in [2.45, 2.75) is 0 Å². The molecule has 0 aliphatic rings. The Morgan fingerprint density at radius 3 is 2.50 bits per heavy atom. The van der Waals surface area contributed by atoms with Crippen molar-refractivity contribution in [1.29, 1.82) is 0 Å². The summed E-state index contributed by atoms with van der Waals surface area (Å²) in [5.41, 5.74) is 0.0870. The SMILES string of the molecule is CSCCOc1ccc(NC(=O)c2ccc(Cl)cc2Cl)c(C(=O)[O-])c1.[Li+]. The number of hydrogen-bond acceptors (Lipinski definition) is 5. The zero-order chi connectivity index (χ0) is 18.4. The number of rotatable bonds is 7. The summed E-state index contributed by atoms with van der Waals surface area (Å²) in [6.07, 6.45) is 1.94. The third kappa shape index (κ3) is 6.15. The number of carboxylic acids is 1. The van der Waals surface area contributed by atoms with Crippen molar-refractivity contribution in [3.63, 3.8) is 0 Å². The van der Waals surface area contributed by atoms with Crippen LogP contribution in [0.25, 0.3) is 0 Å². The number of amides is 1. The molecule has 0 fully saturated rings. The second-order valence-corrected chi connectivity index (χ2v) is 6.74. The van der Waals surface area contributed by atoms with E-state index < -0.39 is 11.9 Å². The summed E-state index contributed by atoms with van der Waals surface area (Å²) < 4.78 is 5.45. The molecule has 0 atom stereocenters. The molecule has 1 amide bonds. The van der Waals surface area contributed by atoms with E-state index in [4.69, 9.17) is 27.9 Å². The van der Waals surface area contributed by atoms with Gasteiger partial charge < -0.3 is 20.0 Å². The molecule has 0 saturated carbocycles. The van der Waals surface area contributed by atoms with Crippen molar-refractivity contribution in [2.75, 3.05) is 23.9 Å². The number of anilines is 1. The Morgan fingerprint density at radius 2 is 1.88 bits per heavy atom. The third-order valence-corrected chi connectivity index (χ3v) is 4.31. The smallest absolute Gasteiger partial charge is 0.545 e. The number of hydrogen-bond donors (Lipinski definition) is 1. The number of nitrogens with one attached hydrogen (secondary N) is 1. The molecule has 2 aromatic rings. The monoisotopic (exact) mass is 405 g/mol. The van der Waals surface area contributed by atoms with Crippen LogP contribution in [0, 0.1) is 0 Å². The van der Waals surface area contributed by atoms with Crippen LogP contribution >= 0.6 is 35.0 Å². The minimum Gasteiger partial charge on any atom is -0.545 e. The van der Waals surface area contributed by atoms with Crippen molar-refractivity contribution in [1.82, 2.24) is 0 Å². The number of benzene rings is 2. The molecule has 2 aromatic carbocycles. The number of carboxylic acid groups (broad SMARTS) is 1. The van der Waals surface area contributed by atoms with Gasteiger partial charge in [-0.3, -0.25) is 4.79 Å². The Hall–Kier alpha value is -1.29. The van der Waals surface area contributed by atoms with Crippen molar-refractivity contribution in [3.8, 4) is 5.75 Å². The second-order valence-electron chi connectivity index (χ2n) is 4.91. The first-order valence-corrected chi connectivity index (χ1v) is 9.31. The van der Waals surface area contributed by atoms with Crippen LogP contribution in [0.2, 0.25) is 10.0 Å². The molecule has 5 nitrogen and oxygen atoms in total. The molecule has 0 unspecified atom stereocenters. The molecule has 0 spiro atoms. The van der Waals surface area contributed by atoms with Crippen LogP contribution in [0.5, 0.6) is 5.75 Å². The summed E-state index contributed by atoms with van der Waals surface area (Å²) in [5, 5.41) is 14.4. The molecule has 0 radical (unpaired) electrons. The van der Waals surface area contributed by atoms with E-state index >= 15 is 0 Å². The van der Waals surface area contributed by atoms with Crippen LogP contribution < -0.4 is 34.0 Å². The van der Waals surface area contributed by atoms with Crippen LogP contribution in [-0.4, -0.2) is 30.5 Å². The van der Waals surface area contributed by atoms with E-state index in [0.29, 0.717) is 17.4 Å². The molecule has 0 heterocycles. The Kier molecular flexibility index (Phi) is 9.41. The van der Waals surface area contributed by atoms with Gasteiger partial charge in [-0.1, -0.05) is 23.2 Å². The summed E-state index contributed by atoms with van der Waals surface area (Å²) in [7, 11) is 0. The van der Waals surface area contributed by atoms with Gasteiger partial charge in [-0.25, -0.2) is 0 Å². The van der Waals surface area contributed by atoms with E-state index in [0.717, 1.165) is 5.75 Å². The molecule has 0 bridgehead atoms. The zero-order valence-electron chi connectivity index (χ0n) is 14.2. The Bertz CT molecular complexity index is 804. The van der Waals surface area contributed by atoms with E-state index in [2.05, 4.69) is 5.32 Å².